The van der Waals surface area contributed by atoms with Crippen molar-refractivity contribution < 1.29 is 9.47 Å². The van der Waals surface area contributed by atoms with Crippen LogP contribution in [0.1, 0.15) is 18.4 Å². The van der Waals surface area contributed by atoms with Crippen LogP contribution in [0.4, 0.5) is 0 Å². The Bertz CT molecular complexity index is 356. The van der Waals surface area contributed by atoms with Gasteiger partial charge in [-0.15, -0.1) is 11.6 Å². The van der Waals surface area contributed by atoms with Gasteiger partial charge in [-0.1, -0.05) is 0 Å². The molecule has 0 radical (unpaired) electrons. The highest BCUT2D eigenvalue weighted by atomic mass is 79.9. The third-order valence-corrected chi connectivity index (χ3v) is 3.19. The molecule has 1 aromatic heterocycles. The molecule has 0 N–H and O–H groups in total. The average molecular weight is 307 g/mol. The second kappa shape index (κ2) is 5.84. The Morgan fingerprint density at radius 1 is 1.62 bits per heavy atom. The first-order valence-electron chi connectivity index (χ1n) is 5.24. The Morgan fingerprint density at radius 3 is 3.19 bits per heavy atom. The molecule has 5 heteroatoms. The van der Waals surface area contributed by atoms with Gasteiger partial charge in [0, 0.05) is 22.8 Å². The lowest BCUT2D eigenvalue weighted by atomic mass is 10.2. The summed E-state index contributed by atoms with van der Waals surface area (Å²) in [6.07, 6.45) is 4.09. The van der Waals surface area contributed by atoms with Gasteiger partial charge in [-0.05, 0) is 34.8 Å². The first-order chi connectivity index (χ1) is 7.79. The van der Waals surface area contributed by atoms with Gasteiger partial charge in [-0.2, -0.15) is 0 Å². The monoisotopic (exact) mass is 305 g/mol. The van der Waals surface area contributed by atoms with Crippen molar-refractivity contribution in [1.29, 1.82) is 0 Å². The highest BCUT2D eigenvalue weighted by Gasteiger charge is 2.17. The summed E-state index contributed by atoms with van der Waals surface area (Å²) in [6.45, 7) is 1.39. The number of ether oxygens (including phenoxy) is 2. The van der Waals surface area contributed by atoms with Gasteiger partial charge in [0.1, 0.15) is 6.61 Å². The maximum Gasteiger partial charge on any atom is 0.217 e. The van der Waals surface area contributed by atoms with E-state index in [2.05, 4.69) is 20.9 Å². The molecule has 0 spiro atoms. The molecule has 1 atom stereocenters. The van der Waals surface area contributed by atoms with Gasteiger partial charge >= 0.3 is 0 Å². The molecule has 1 aromatic rings. The summed E-state index contributed by atoms with van der Waals surface area (Å²) < 4.78 is 12.0. The number of pyridine rings is 1. The van der Waals surface area contributed by atoms with Gasteiger partial charge < -0.3 is 9.47 Å². The molecule has 1 unspecified atom stereocenters. The maximum absolute atomic E-state index is 5.83. The van der Waals surface area contributed by atoms with Crippen molar-refractivity contribution in [3.05, 3.63) is 22.3 Å². The summed E-state index contributed by atoms with van der Waals surface area (Å²) in [4.78, 5) is 4.20. The second-order valence-corrected chi connectivity index (χ2v) is 4.88. The highest BCUT2D eigenvalue weighted by Crippen LogP contribution is 2.22. The predicted octanol–water partition coefficient (Wildman–Crippen LogP) is 3.14. The maximum atomic E-state index is 5.83. The van der Waals surface area contributed by atoms with Crippen molar-refractivity contribution in [3.8, 4) is 5.88 Å². The zero-order valence-electron chi connectivity index (χ0n) is 8.79. The van der Waals surface area contributed by atoms with Crippen LogP contribution in [0.15, 0.2) is 16.7 Å². The van der Waals surface area contributed by atoms with Crippen molar-refractivity contribution in [1.82, 2.24) is 4.98 Å². The lowest BCUT2D eigenvalue weighted by molar-refractivity contribution is 0.0660. The molecule has 0 aromatic carbocycles. The Morgan fingerprint density at radius 2 is 2.50 bits per heavy atom. The Balaban J connectivity index is 1.97. The van der Waals surface area contributed by atoms with Crippen LogP contribution in [0.2, 0.25) is 0 Å². The number of alkyl halides is 1. The van der Waals surface area contributed by atoms with Gasteiger partial charge in [-0.25, -0.2) is 4.98 Å². The third kappa shape index (κ3) is 3.09. The van der Waals surface area contributed by atoms with E-state index < -0.39 is 0 Å². The van der Waals surface area contributed by atoms with E-state index in [1.54, 1.807) is 6.20 Å². The van der Waals surface area contributed by atoms with Crippen molar-refractivity contribution in [2.75, 3.05) is 13.2 Å². The van der Waals surface area contributed by atoms with Crippen molar-refractivity contribution >= 4 is 27.5 Å². The molecule has 0 amide bonds. The van der Waals surface area contributed by atoms with Crippen molar-refractivity contribution in [2.45, 2.75) is 24.8 Å². The van der Waals surface area contributed by atoms with E-state index in [1.807, 2.05) is 6.07 Å². The van der Waals surface area contributed by atoms with E-state index in [0.717, 1.165) is 29.5 Å². The Labute approximate surface area is 108 Å². The summed E-state index contributed by atoms with van der Waals surface area (Å²) in [5.41, 5.74) is 0.897. The first-order valence-corrected chi connectivity index (χ1v) is 6.57. The fourth-order valence-corrected chi connectivity index (χ4v) is 2.21. The minimum Gasteiger partial charge on any atom is -0.475 e. The second-order valence-electron chi connectivity index (χ2n) is 3.70. The molecule has 3 nitrogen and oxygen atoms in total. The third-order valence-electron chi connectivity index (χ3n) is 2.47. The minimum absolute atomic E-state index is 0.202. The summed E-state index contributed by atoms with van der Waals surface area (Å²) in [5, 5.41) is 0. The van der Waals surface area contributed by atoms with Crippen LogP contribution in [0.5, 0.6) is 5.88 Å². The molecule has 0 aliphatic carbocycles. The van der Waals surface area contributed by atoms with Crippen LogP contribution in [0.3, 0.4) is 0 Å². The van der Waals surface area contributed by atoms with E-state index in [4.69, 9.17) is 21.1 Å². The van der Waals surface area contributed by atoms with Gasteiger partial charge in [0.05, 0.1) is 12.0 Å². The molecule has 1 aliphatic rings. The number of hydrogen-bond donors (Lipinski definition) is 0. The fourth-order valence-electron chi connectivity index (χ4n) is 1.64. The minimum atomic E-state index is 0.202. The van der Waals surface area contributed by atoms with Gasteiger partial charge in [0.25, 0.3) is 0 Å². The number of aromatic nitrogens is 1. The quantitative estimate of drug-likeness (QED) is 0.801. The van der Waals surface area contributed by atoms with Crippen LogP contribution in [-0.4, -0.2) is 24.3 Å². The molecule has 88 valence electrons. The lowest BCUT2D eigenvalue weighted by Crippen LogP contribution is -2.17. The molecule has 1 aliphatic heterocycles. The summed E-state index contributed by atoms with van der Waals surface area (Å²) >= 11 is 9.18. The molecule has 1 fully saturated rings. The number of rotatable bonds is 4. The van der Waals surface area contributed by atoms with Crippen LogP contribution in [0.25, 0.3) is 0 Å². The largest absolute Gasteiger partial charge is 0.475 e. The molecule has 1 saturated heterocycles. The highest BCUT2D eigenvalue weighted by molar-refractivity contribution is 9.10. The Hall–Kier alpha value is -0.320. The van der Waals surface area contributed by atoms with Gasteiger partial charge in [-0.3, -0.25) is 0 Å². The van der Waals surface area contributed by atoms with Crippen LogP contribution >= 0.6 is 27.5 Å². The van der Waals surface area contributed by atoms with E-state index in [9.17, 15) is 0 Å². The molecule has 0 bridgehead atoms. The molecule has 0 saturated carbocycles. The predicted molar refractivity (Wildman–Crippen MR) is 66.0 cm³/mol. The van der Waals surface area contributed by atoms with E-state index in [1.165, 1.54) is 0 Å². The summed E-state index contributed by atoms with van der Waals surface area (Å²) in [6, 6.07) is 1.92. The topological polar surface area (TPSA) is 31.4 Å². The normalized spacial score (nSPS) is 20.0. The van der Waals surface area contributed by atoms with Crippen LogP contribution in [-0.2, 0) is 10.6 Å². The first kappa shape index (κ1) is 12.1. The zero-order valence-corrected chi connectivity index (χ0v) is 11.1. The molecule has 16 heavy (non-hydrogen) atoms. The van der Waals surface area contributed by atoms with E-state index in [0.29, 0.717) is 18.4 Å². The van der Waals surface area contributed by atoms with Crippen LogP contribution < -0.4 is 4.74 Å². The Kier molecular flexibility index (Phi) is 4.44. The molecule has 2 rings (SSSR count). The lowest BCUT2D eigenvalue weighted by Gasteiger charge is -2.12. The standard InChI is InChI=1S/C11H13BrClNO2/c12-9-4-8(5-13)11(14-6-9)16-7-10-2-1-3-15-10/h4,6,10H,1-3,5,7H2. The van der Waals surface area contributed by atoms with Crippen molar-refractivity contribution in [3.63, 3.8) is 0 Å². The van der Waals surface area contributed by atoms with Gasteiger partial charge in [0.2, 0.25) is 5.88 Å². The fraction of sp³-hybridized carbons (Fsp3) is 0.545. The molecular weight excluding hydrogens is 293 g/mol. The van der Waals surface area contributed by atoms with E-state index >= 15 is 0 Å². The summed E-state index contributed by atoms with van der Waals surface area (Å²) in [5.74, 6) is 1.00. The summed E-state index contributed by atoms with van der Waals surface area (Å²) in [7, 11) is 0. The number of hydrogen-bond acceptors (Lipinski definition) is 3. The van der Waals surface area contributed by atoms with Crippen LogP contribution in [0, 0.1) is 0 Å². The van der Waals surface area contributed by atoms with Crippen molar-refractivity contribution in [2.24, 2.45) is 0 Å². The number of halogens is 2. The van der Waals surface area contributed by atoms with E-state index in [-0.39, 0.29) is 6.10 Å². The molecular formula is C11H13BrClNO2. The smallest absolute Gasteiger partial charge is 0.217 e. The molecule has 2 heterocycles. The zero-order chi connectivity index (χ0) is 11.4. The average Bonchev–Trinajstić information content (AvgIpc) is 2.80. The SMILES string of the molecule is ClCc1cc(Br)cnc1OCC1CCCO1. The number of nitrogens with zero attached hydrogens (tertiary/aromatic N) is 1. The van der Waals surface area contributed by atoms with Gasteiger partial charge in [0.15, 0.2) is 0 Å².